The van der Waals surface area contributed by atoms with E-state index < -0.39 is 0 Å². The minimum atomic E-state index is 0.515. The Morgan fingerprint density at radius 1 is 1.16 bits per heavy atom. The van der Waals surface area contributed by atoms with E-state index in [1.807, 2.05) is 0 Å². The van der Waals surface area contributed by atoms with Gasteiger partial charge in [-0.2, -0.15) is 0 Å². The van der Waals surface area contributed by atoms with Gasteiger partial charge in [0, 0.05) is 6.04 Å². The second-order valence-corrected chi connectivity index (χ2v) is 5.75. The maximum absolute atomic E-state index is 3.70. The zero-order chi connectivity index (χ0) is 13.5. The molecule has 1 N–H and O–H groups in total. The molecule has 1 aliphatic rings. The van der Waals surface area contributed by atoms with Crippen molar-refractivity contribution < 1.29 is 0 Å². The van der Waals surface area contributed by atoms with E-state index in [9.17, 15) is 0 Å². The summed E-state index contributed by atoms with van der Waals surface area (Å²) in [6.45, 7) is 9.33. The van der Waals surface area contributed by atoms with Gasteiger partial charge in [-0.25, -0.2) is 0 Å². The Morgan fingerprint density at radius 3 is 2.47 bits per heavy atom. The van der Waals surface area contributed by atoms with Crippen LogP contribution in [-0.4, -0.2) is 31.1 Å². The zero-order valence-corrected chi connectivity index (χ0v) is 12.5. The molecule has 106 valence electrons. The molecule has 19 heavy (non-hydrogen) atoms. The molecule has 0 radical (unpaired) electrons. The third-order valence-corrected chi connectivity index (χ3v) is 4.05. The average Bonchev–Trinajstić information content (AvgIpc) is 2.93. The Balaban J connectivity index is 1.91. The molecule has 0 bridgehead atoms. The summed E-state index contributed by atoms with van der Waals surface area (Å²) in [4.78, 5) is 2.61. The van der Waals surface area contributed by atoms with Crippen molar-refractivity contribution in [3.8, 4) is 0 Å². The van der Waals surface area contributed by atoms with Crippen molar-refractivity contribution in [3.63, 3.8) is 0 Å². The first kappa shape index (κ1) is 14.5. The molecule has 0 spiro atoms. The van der Waals surface area contributed by atoms with Crippen molar-refractivity contribution in [2.24, 2.45) is 0 Å². The first-order chi connectivity index (χ1) is 9.29. The molecule has 1 atom stereocenters. The smallest absolute Gasteiger partial charge is 0.0332 e. The molecule has 1 saturated heterocycles. The molecule has 1 aromatic carbocycles. The topological polar surface area (TPSA) is 15.3 Å². The Kier molecular flexibility index (Phi) is 5.87. The standard InChI is InChI=1S/C17H28N2/c1-3-11-18-17(10-14-19-12-4-5-13-19)16-8-6-15(2)7-9-16/h6-9,17-18H,3-5,10-14H2,1-2H3. The largest absolute Gasteiger partial charge is 0.310 e. The van der Waals surface area contributed by atoms with Crippen molar-refractivity contribution in [2.75, 3.05) is 26.2 Å². The second kappa shape index (κ2) is 7.66. The number of rotatable bonds is 7. The van der Waals surface area contributed by atoms with E-state index in [2.05, 4.69) is 48.3 Å². The predicted octanol–water partition coefficient (Wildman–Crippen LogP) is 3.52. The Bertz CT molecular complexity index is 352. The molecule has 0 aliphatic carbocycles. The van der Waals surface area contributed by atoms with Crippen LogP contribution in [0, 0.1) is 6.92 Å². The summed E-state index contributed by atoms with van der Waals surface area (Å²) >= 11 is 0. The highest BCUT2D eigenvalue weighted by atomic mass is 15.1. The van der Waals surface area contributed by atoms with Crippen LogP contribution in [0.1, 0.15) is 49.8 Å². The minimum absolute atomic E-state index is 0.515. The van der Waals surface area contributed by atoms with Gasteiger partial charge in [0.05, 0.1) is 0 Å². The van der Waals surface area contributed by atoms with Crippen LogP contribution in [0.3, 0.4) is 0 Å². The molecular formula is C17H28N2. The van der Waals surface area contributed by atoms with E-state index >= 15 is 0 Å². The highest BCUT2D eigenvalue weighted by Crippen LogP contribution is 2.19. The summed E-state index contributed by atoms with van der Waals surface area (Å²) in [7, 11) is 0. The van der Waals surface area contributed by atoms with Crippen LogP contribution in [-0.2, 0) is 0 Å². The van der Waals surface area contributed by atoms with Crippen molar-refractivity contribution in [3.05, 3.63) is 35.4 Å². The van der Waals surface area contributed by atoms with Crippen LogP contribution < -0.4 is 5.32 Å². The molecule has 0 aromatic heterocycles. The number of nitrogens with zero attached hydrogens (tertiary/aromatic N) is 1. The van der Waals surface area contributed by atoms with Crippen molar-refractivity contribution in [2.45, 2.75) is 45.6 Å². The molecule has 2 rings (SSSR count). The summed E-state index contributed by atoms with van der Waals surface area (Å²) in [6, 6.07) is 9.54. The molecule has 1 aromatic rings. The number of benzene rings is 1. The molecule has 1 heterocycles. The van der Waals surface area contributed by atoms with Gasteiger partial charge in [0.25, 0.3) is 0 Å². The zero-order valence-electron chi connectivity index (χ0n) is 12.5. The number of hydrogen-bond acceptors (Lipinski definition) is 2. The molecule has 2 heteroatoms. The van der Waals surface area contributed by atoms with E-state index in [0.717, 1.165) is 6.54 Å². The lowest BCUT2D eigenvalue weighted by Gasteiger charge is -2.22. The first-order valence-corrected chi connectivity index (χ1v) is 7.82. The van der Waals surface area contributed by atoms with Crippen LogP contribution in [0.25, 0.3) is 0 Å². The lowest BCUT2D eigenvalue weighted by molar-refractivity contribution is 0.310. The summed E-state index contributed by atoms with van der Waals surface area (Å²) in [5, 5.41) is 3.70. The molecule has 0 saturated carbocycles. The number of aryl methyl sites for hydroxylation is 1. The predicted molar refractivity (Wildman–Crippen MR) is 82.5 cm³/mol. The monoisotopic (exact) mass is 260 g/mol. The minimum Gasteiger partial charge on any atom is -0.310 e. The third kappa shape index (κ3) is 4.63. The Labute approximate surface area is 118 Å². The molecular weight excluding hydrogens is 232 g/mol. The quantitative estimate of drug-likeness (QED) is 0.807. The van der Waals surface area contributed by atoms with Gasteiger partial charge in [-0.15, -0.1) is 0 Å². The Hall–Kier alpha value is -0.860. The highest BCUT2D eigenvalue weighted by Gasteiger charge is 2.15. The van der Waals surface area contributed by atoms with Gasteiger partial charge in [0.15, 0.2) is 0 Å². The summed E-state index contributed by atoms with van der Waals surface area (Å²) < 4.78 is 0. The van der Waals surface area contributed by atoms with Crippen LogP contribution in [0.4, 0.5) is 0 Å². The van der Waals surface area contributed by atoms with Crippen LogP contribution in [0.15, 0.2) is 24.3 Å². The van der Waals surface area contributed by atoms with Gasteiger partial charge in [-0.3, -0.25) is 0 Å². The van der Waals surface area contributed by atoms with E-state index in [1.54, 1.807) is 0 Å². The van der Waals surface area contributed by atoms with E-state index in [4.69, 9.17) is 0 Å². The highest BCUT2D eigenvalue weighted by molar-refractivity contribution is 5.24. The molecule has 0 amide bonds. The van der Waals surface area contributed by atoms with Gasteiger partial charge in [-0.1, -0.05) is 36.8 Å². The molecule has 1 unspecified atom stereocenters. The lowest BCUT2D eigenvalue weighted by Crippen LogP contribution is -2.28. The van der Waals surface area contributed by atoms with Gasteiger partial charge in [0.1, 0.15) is 0 Å². The van der Waals surface area contributed by atoms with Crippen molar-refractivity contribution in [1.29, 1.82) is 0 Å². The van der Waals surface area contributed by atoms with Crippen LogP contribution in [0.5, 0.6) is 0 Å². The van der Waals surface area contributed by atoms with Gasteiger partial charge in [0.2, 0.25) is 0 Å². The number of nitrogens with one attached hydrogen (secondary N) is 1. The van der Waals surface area contributed by atoms with Gasteiger partial charge in [-0.05, 0) is 64.3 Å². The van der Waals surface area contributed by atoms with Crippen LogP contribution in [0.2, 0.25) is 0 Å². The van der Waals surface area contributed by atoms with E-state index in [0.29, 0.717) is 6.04 Å². The SMILES string of the molecule is CCCNC(CCN1CCCC1)c1ccc(C)cc1. The maximum atomic E-state index is 3.70. The molecule has 1 aliphatic heterocycles. The number of hydrogen-bond donors (Lipinski definition) is 1. The third-order valence-electron chi connectivity index (χ3n) is 4.05. The summed E-state index contributed by atoms with van der Waals surface area (Å²) in [5.74, 6) is 0. The normalized spacial score (nSPS) is 17.8. The fourth-order valence-corrected chi connectivity index (χ4v) is 2.82. The lowest BCUT2D eigenvalue weighted by atomic mass is 10.0. The summed E-state index contributed by atoms with van der Waals surface area (Å²) in [5.41, 5.74) is 2.79. The number of likely N-dealkylation sites (tertiary alicyclic amines) is 1. The molecule has 1 fully saturated rings. The van der Waals surface area contributed by atoms with Gasteiger partial charge >= 0.3 is 0 Å². The van der Waals surface area contributed by atoms with Gasteiger partial charge < -0.3 is 10.2 Å². The Morgan fingerprint density at radius 2 is 1.84 bits per heavy atom. The van der Waals surface area contributed by atoms with E-state index in [-0.39, 0.29) is 0 Å². The summed E-state index contributed by atoms with van der Waals surface area (Å²) in [6.07, 6.45) is 5.20. The fraction of sp³-hybridized carbons (Fsp3) is 0.647. The first-order valence-electron chi connectivity index (χ1n) is 7.82. The fourth-order valence-electron chi connectivity index (χ4n) is 2.82. The van der Waals surface area contributed by atoms with Crippen molar-refractivity contribution >= 4 is 0 Å². The average molecular weight is 260 g/mol. The van der Waals surface area contributed by atoms with E-state index in [1.165, 1.54) is 56.4 Å². The molecule has 2 nitrogen and oxygen atoms in total. The second-order valence-electron chi connectivity index (χ2n) is 5.75. The van der Waals surface area contributed by atoms with Crippen molar-refractivity contribution in [1.82, 2.24) is 10.2 Å². The van der Waals surface area contributed by atoms with Crippen LogP contribution >= 0.6 is 0 Å². The maximum Gasteiger partial charge on any atom is 0.0332 e.